The summed E-state index contributed by atoms with van der Waals surface area (Å²) in [6.07, 6.45) is 0.979. The summed E-state index contributed by atoms with van der Waals surface area (Å²) in [7, 11) is 1.58. The third-order valence-corrected chi connectivity index (χ3v) is 0.841. The quantitative estimate of drug-likeness (QED) is 0.523. The minimum atomic E-state index is -0.0148. The Labute approximate surface area is 48.7 Å². The van der Waals surface area contributed by atoms with Crippen LogP contribution in [0.15, 0.2) is 0 Å². The predicted molar refractivity (Wildman–Crippen MR) is 30.4 cm³/mol. The molecule has 0 aromatic rings. The SMILES string of the molecule is CNC(=O)CCCO. The zero-order valence-electron chi connectivity index (χ0n) is 4.98. The van der Waals surface area contributed by atoms with Crippen LogP contribution in [0.1, 0.15) is 12.8 Å². The van der Waals surface area contributed by atoms with Crippen molar-refractivity contribution in [2.75, 3.05) is 13.7 Å². The monoisotopic (exact) mass is 117 g/mol. The van der Waals surface area contributed by atoms with Gasteiger partial charge in [-0.1, -0.05) is 0 Å². The van der Waals surface area contributed by atoms with Gasteiger partial charge in [0.1, 0.15) is 0 Å². The van der Waals surface area contributed by atoms with E-state index in [1.165, 1.54) is 0 Å². The van der Waals surface area contributed by atoms with Crippen molar-refractivity contribution in [1.29, 1.82) is 0 Å². The Morgan fingerprint density at radius 1 is 1.75 bits per heavy atom. The lowest BCUT2D eigenvalue weighted by atomic mass is 10.3. The fourth-order valence-electron chi connectivity index (χ4n) is 0.365. The lowest BCUT2D eigenvalue weighted by molar-refractivity contribution is -0.120. The molecule has 0 bridgehead atoms. The van der Waals surface area contributed by atoms with Crippen LogP contribution in [-0.4, -0.2) is 24.7 Å². The molecular formula is C5H11NO2. The number of carbonyl (C=O) groups is 1. The number of aliphatic hydroxyl groups excluding tert-OH is 1. The van der Waals surface area contributed by atoms with Crippen LogP contribution in [0.25, 0.3) is 0 Å². The molecule has 48 valence electrons. The Bertz CT molecular complexity index is 72.8. The molecule has 0 aromatic heterocycles. The van der Waals surface area contributed by atoms with Crippen molar-refractivity contribution in [2.24, 2.45) is 0 Å². The van der Waals surface area contributed by atoms with E-state index in [0.29, 0.717) is 12.8 Å². The van der Waals surface area contributed by atoms with Crippen LogP contribution in [0.2, 0.25) is 0 Å². The van der Waals surface area contributed by atoms with Gasteiger partial charge in [-0.3, -0.25) is 4.79 Å². The maximum Gasteiger partial charge on any atom is 0.219 e. The average Bonchev–Trinajstić information content (AvgIpc) is 1.83. The molecule has 1 amide bonds. The molecule has 0 aromatic carbocycles. The van der Waals surface area contributed by atoms with Gasteiger partial charge in [0, 0.05) is 20.1 Å². The van der Waals surface area contributed by atoms with E-state index in [9.17, 15) is 4.79 Å². The van der Waals surface area contributed by atoms with Crippen molar-refractivity contribution in [3.8, 4) is 0 Å². The zero-order chi connectivity index (χ0) is 6.41. The summed E-state index contributed by atoms with van der Waals surface area (Å²) < 4.78 is 0. The molecule has 0 saturated heterocycles. The molecule has 0 aliphatic heterocycles. The van der Waals surface area contributed by atoms with E-state index >= 15 is 0 Å². The van der Waals surface area contributed by atoms with E-state index in [1.807, 2.05) is 0 Å². The standard InChI is InChI=1S/C5H11NO2/c1-6-5(8)3-2-4-7/h7H,2-4H2,1H3,(H,6,8). The average molecular weight is 117 g/mol. The Morgan fingerprint density at radius 2 is 2.38 bits per heavy atom. The second-order valence-electron chi connectivity index (χ2n) is 1.50. The first-order valence-corrected chi connectivity index (χ1v) is 2.62. The molecular weight excluding hydrogens is 106 g/mol. The van der Waals surface area contributed by atoms with Crippen LogP contribution < -0.4 is 5.32 Å². The van der Waals surface area contributed by atoms with Crippen LogP contribution >= 0.6 is 0 Å². The maximum atomic E-state index is 10.3. The minimum Gasteiger partial charge on any atom is -0.396 e. The Kier molecular flexibility index (Phi) is 4.26. The summed E-state index contributed by atoms with van der Waals surface area (Å²) in [4.78, 5) is 10.3. The van der Waals surface area contributed by atoms with Gasteiger partial charge in [-0.05, 0) is 6.42 Å². The zero-order valence-corrected chi connectivity index (χ0v) is 4.98. The van der Waals surface area contributed by atoms with Crippen molar-refractivity contribution in [3.63, 3.8) is 0 Å². The van der Waals surface area contributed by atoms with Gasteiger partial charge in [-0.15, -0.1) is 0 Å². The van der Waals surface area contributed by atoms with Gasteiger partial charge in [0.15, 0.2) is 0 Å². The molecule has 3 heteroatoms. The van der Waals surface area contributed by atoms with Gasteiger partial charge in [0.25, 0.3) is 0 Å². The van der Waals surface area contributed by atoms with Gasteiger partial charge >= 0.3 is 0 Å². The molecule has 0 heterocycles. The highest BCUT2D eigenvalue weighted by molar-refractivity contribution is 5.75. The highest BCUT2D eigenvalue weighted by Gasteiger charge is 1.93. The van der Waals surface area contributed by atoms with Crippen LogP contribution in [0.3, 0.4) is 0 Å². The maximum absolute atomic E-state index is 10.3. The van der Waals surface area contributed by atoms with Crippen molar-refractivity contribution in [1.82, 2.24) is 5.32 Å². The molecule has 0 rings (SSSR count). The van der Waals surface area contributed by atoms with Crippen molar-refractivity contribution >= 4 is 5.91 Å². The number of amides is 1. The molecule has 2 N–H and O–H groups in total. The van der Waals surface area contributed by atoms with Gasteiger partial charge in [-0.2, -0.15) is 0 Å². The summed E-state index contributed by atoms with van der Waals surface area (Å²) in [5, 5.41) is 10.7. The number of hydrogen-bond donors (Lipinski definition) is 2. The summed E-state index contributed by atoms with van der Waals surface area (Å²) in [5.41, 5.74) is 0. The number of carbonyl (C=O) groups excluding carboxylic acids is 1. The molecule has 3 nitrogen and oxygen atoms in total. The fraction of sp³-hybridized carbons (Fsp3) is 0.800. The van der Waals surface area contributed by atoms with E-state index in [2.05, 4.69) is 5.32 Å². The van der Waals surface area contributed by atoms with Crippen LogP contribution in [-0.2, 0) is 4.79 Å². The third kappa shape index (κ3) is 3.61. The first-order valence-electron chi connectivity index (χ1n) is 2.62. The number of nitrogens with one attached hydrogen (secondary N) is 1. The van der Waals surface area contributed by atoms with Crippen LogP contribution in [0, 0.1) is 0 Å². The van der Waals surface area contributed by atoms with E-state index < -0.39 is 0 Å². The van der Waals surface area contributed by atoms with E-state index in [4.69, 9.17) is 5.11 Å². The second-order valence-corrected chi connectivity index (χ2v) is 1.50. The highest BCUT2D eigenvalue weighted by Crippen LogP contribution is 1.83. The van der Waals surface area contributed by atoms with E-state index in [1.54, 1.807) is 7.05 Å². The lowest BCUT2D eigenvalue weighted by Gasteiger charge is -1.93. The molecule has 0 saturated carbocycles. The minimum absolute atomic E-state index is 0.0148. The molecule has 0 aliphatic rings. The van der Waals surface area contributed by atoms with E-state index in [-0.39, 0.29) is 12.5 Å². The van der Waals surface area contributed by atoms with Gasteiger partial charge in [0.2, 0.25) is 5.91 Å². The largest absolute Gasteiger partial charge is 0.396 e. The molecule has 0 atom stereocenters. The summed E-state index contributed by atoms with van der Waals surface area (Å²) in [6.45, 7) is 0.0907. The Morgan fingerprint density at radius 3 is 2.75 bits per heavy atom. The first-order chi connectivity index (χ1) is 3.81. The summed E-state index contributed by atoms with van der Waals surface area (Å²) >= 11 is 0. The Hall–Kier alpha value is -0.570. The van der Waals surface area contributed by atoms with Gasteiger partial charge in [0.05, 0.1) is 0 Å². The number of aliphatic hydroxyl groups is 1. The predicted octanol–water partition coefficient (Wildman–Crippen LogP) is -0.495. The molecule has 0 unspecified atom stereocenters. The van der Waals surface area contributed by atoms with Crippen LogP contribution in [0.5, 0.6) is 0 Å². The third-order valence-electron chi connectivity index (χ3n) is 0.841. The topological polar surface area (TPSA) is 49.3 Å². The molecule has 8 heavy (non-hydrogen) atoms. The Balaban J connectivity index is 2.99. The normalized spacial score (nSPS) is 8.75. The number of hydrogen-bond acceptors (Lipinski definition) is 2. The molecule has 0 fully saturated rings. The smallest absolute Gasteiger partial charge is 0.219 e. The molecule has 0 aliphatic carbocycles. The van der Waals surface area contributed by atoms with Crippen molar-refractivity contribution < 1.29 is 9.90 Å². The number of rotatable bonds is 3. The first kappa shape index (κ1) is 7.43. The van der Waals surface area contributed by atoms with E-state index in [0.717, 1.165) is 0 Å². The van der Waals surface area contributed by atoms with Crippen molar-refractivity contribution in [3.05, 3.63) is 0 Å². The molecule has 0 spiro atoms. The highest BCUT2D eigenvalue weighted by atomic mass is 16.3. The lowest BCUT2D eigenvalue weighted by Crippen LogP contribution is -2.17. The van der Waals surface area contributed by atoms with Crippen molar-refractivity contribution in [2.45, 2.75) is 12.8 Å². The summed E-state index contributed by atoms with van der Waals surface area (Å²) in [6, 6.07) is 0. The second kappa shape index (κ2) is 4.59. The van der Waals surface area contributed by atoms with Gasteiger partial charge in [-0.25, -0.2) is 0 Å². The van der Waals surface area contributed by atoms with Crippen LogP contribution in [0.4, 0.5) is 0 Å². The van der Waals surface area contributed by atoms with Gasteiger partial charge < -0.3 is 10.4 Å². The molecule has 0 radical (unpaired) electrons. The summed E-state index contributed by atoms with van der Waals surface area (Å²) in [5.74, 6) is -0.0148. The fourth-order valence-corrected chi connectivity index (χ4v) is 0.365.